The summed E-state index contributed by atoms with van der Waals surface area (Å²) < 4.78 is 0. The first-order valence-electron chi connectivity index (χ1n) is 4.97. The standard InChI is InChI=1S/C11H17N3S/c1-8(2)7-14(3)9-4-5-10(11(12)15)13-6-9/h4-6,8H,7H2,1-3H3,(H2,12,15). The van der Waals surface area contributed by atoms with Crippen LogP contribution in [0.15, 0.2) is 18.3 Å². The summed E-state index contributed by atoms with van der Waals surface area (Å²) in [5.41, 5.74) is 7.24. The van der Waals surface area contributed by atoms with Crippen LogP contribution in [0.5, 0.6) is 0 Å². The maximum absolute atomic E-state index is 5.48. The highest BCUT2D eigenvalue weighted by Gasteiger charge is 2.04. The van der Waals surface area contributed by atoms with Crippen LogP contribution < -0.4 is 10.6 Å². The lowest BCUT2D eigenvalue weighted by Gasteiger charge is -2.21. The molecule has 0 bridgehead atoms. The molecule has 0 unspecified atom stereocenters. The summed E-state index contributed by atoms with van der Waals surface area (Å²) in [5, 5.41) is 0. The molecular weight excluding hydrogens is 206 g/mol. The van der Waals surface area contributed by atoms with Gasteiger partial charge in [-0.2, -0.15) is 0 Å². The van der Waals surface area contributed by atoms with Crippen LogP contribution in [-0.4, -0.2) is 23.6 Å². The zero-order valence-electron chi connectivity index (χ0n) is 9.40. The number of pyridine rings is 1. The Bertz CT molecular complexity index is 332. The third kappa shape index (κ3) is 3.47. The maximum atomic E-state index is 5.48. The Hall–Kier alpha value is -1.16. The van der Waals surface area contributed by atoms with Crippen molar-refractivity contribution in [2.75, 3.05) is 18.5 Å². The van der Waals surface area contributed by atoms with E-state index in [2.05, 4.69) is 30.8 Å². The Morgan fingerprint density at radius 2 is 2.20 bits per heavy atom. The van der Waals surface area contributed by atoms with E-state index in [0.717, 1.165) is 12.2 Å². The number of rotatable bonds is 4. The Labute approximate surface area is 96.3 Å². The number of anilines is 1. The van der Waals surface area contributed by atoms with Crippen LogP contribution in [0.1, 0.15) is 19.5 Å². The van der Waals surface area contributed by atoms with E-state index in [-0.39, 0.29) is 0 Å². The van der Waals surface area contributed by atoms with Crippen LogP contribution in [0.2, 0.25) is 0 Å². The molecule has 1 rings (SSSR count). The second kappa shape index (κ2) is 5.07. The largest absolute Gasteiger partial charge is 0.388 e. The fourth-order valence-corrected chi connectivity index (χ4v) is 1.53. The summed E-state index contributed by atoms with van der Waals surface area (Å²) in [6.45, 7) is 5.38. The summed E-state index contributed by atoms with van der Waals surface area (Å²) >= 11 is 4.84. The SMILES string of the molecule is CC(C)CN(C)c1ccc(C(N)=S)nc1. The topological polar surface area (TPSA) is 42.1 Å². The summed E-state index contributed by atoms with van der Waals surface area (Å²) in [4.78, 5) is 6.71. The molecule has 0 aliphatic carbocycles. The molecule has 82 valence electrons. The number of hydrogen-bond acceptors (Lipinski definition) is 3. The van der Waals surface area contributed by atoms with Gasteiger partial charge in [0.15, 0.2) is 0 Å². The minimum absolute atomic E-state index is 0.341. The maximum Gasteiger partial charge on any atom is 0.122 e. The normalized spacial score (nSPS) is 10.4. The molecule has 0 aromatic carbocycles. The van der Waals surface area contributed by atoms with Crippen molar-refractivity contribution in [3.8, 4) is 0 Å². The van der Waals surface area contributed by atoms with Crippen molar-refractivity contribution < 1.29 is 0 Å². The minimum atomic E-state index is 0.341. The number of hydrogen-bond donors (Lipinski definition) is 1. The zero-order chi connectivity index (χ0) is 11.4. The van der Waals surface area contributed by atoms with E-state index < -0.39 is 0 Å². The van der Waals surface area contributed by atoms with E-state index in [1.807, 2.05) is 12.1 Å². The van der Waals surface area contributed by atoms with Crippen molar-refractivity contribution in [3.05, 3.63) is 24.0 Å². The number of nitrogens with zero attached hydrogens (tertiary/aromatic N) is 2. The van der Waals surface area contributed by atoms with Gasteiger partial charge in [0.05, 0.1) is 17.6 Å². The lowest BCUT2D eigenvalue weighted by atomic mass is 10.2. The van der Waals surface area contributed by atoms with Crippen LogP contribution in [-0.2, 0) is 0 Å². The summed E-state index contributed by atoms with van der Waals surface area (Å²) in [7, 11) is 2.05. The van der Waals surface area contributed by atoms with Gasteiger partial charge in [0, 0.05) is 13.6 Å². The molecule has 0 aliphatic rings. The van der Waals surface area contributed by atoms with Gasteiger partial charge in [-0.25, -0.2) is 0 Å². The summed E-state index contributed by atoms with van der Waals surface area (Å²) in [6.07, 6.45) is 1.80. The van der Waals surface area contributed by atoms with Gasteiger partial charge in [-0.05, 0) is 18.1 Å². The molecule has 0 amide bonds. The molecule has 0 saturated carbocycles. The smallest absolute Gasteiger partial charge is 0.122 e. The van der Waals surface area contributed by atoms with Gasteiger partial charge in [0.1, 0.15) is 4.99 Å². The molecule has 0 fully saturated rings. The Morgan fingerprint density at radius 1 is 1.53 bits per heavy atom. The quantitative estimate of drug-likeness (QED) is 0.790. The molecule has 2 N–H and O–H groups in total. The third-order valence-electron chi connectivity index (χ3n) is 2.08. The van der Waals surface area contributed by atoms with Gasteiger partial charge in [-0.15, -0.1) is 0 Å². The number of thiocarbonyl (C=S) groups is 1. The van der Waals surface area contributed by atoms with Crippen molar-refractivity contribution in [1.29, 1.82) is 0 Å². The van der Waals surface area contributed by atoms with Gasteiger partial charge in [-0.1, -0.05) is 26.1 Å². The van der Waals surface area contributed by atoms with E-state index in [1.54, 1.807) is 6.20 Å². The molecular formula is C11H17N3S. The fraction of sp³-hybridized carbons (Fsp3) is 0.455. The van der Waals surface area contributed by atoms with Gasteiger partial charge in [0.2, 0.25) is 0 Å². The van der Waals surface area contributed by atoms with Gasteiger partial charge in [-0.3, -0.25) is 4.98 Å². The van der Waals surface area contributed by atoms with Crippen molar-refractivity contribution in [2.24, 2.45) is 11.7 Å². The van der Waals surface area contributed by atoms with Crippen molar-refractivity contribution in [2.45, 2.75) is 13.8 Å². The van der Waals surface area contributed by atoms with Crippen molar-refractivity contribution in [1.82, 2.24) is 4.98 Å². The Balaban J connectivity index is 2.75. The van der Waals surface area contributed by atoms with Crippen LogP contribution in [0, 0.1) is 5.92 Å². The Kier molecular flexibility index (Phi) is 4.03. The van der Waals surface area contributed by atoms with E-state index >= 15 is 0 Å². The van der Waals surface area contributed by atoms with Gasteiger partial charge in [0.25, 0.3) is 0 Å². The van der Waals surface area contributed by atoms with Crippen LogP contribution in [0.4, 0.5) is 5.69 Å². The monoisotopic (exact) mass is 223 g/mol. The summed E-state index contributed by atoms with van der Waals surface area (Å²) in [6, 6.07) is 3.85. The van der Waals surface area contributed by atoms with E-state index in [1.165, 1.54) is 0 Å². The second-order valence-corrected chi connectivity index (χ2v) is 4.48. The molecule has 0 atom stereocenters. The van der Waals surface area contributed by atoms with Crippen LogP contribution >= 0.6 is 12.2 Å². The average Bonchev–Trinajstić information content (AvgIpc) is 2.17. The molecule has 1 aromatic heterocycles. The molecule has 0 spiro atoms. The number of aromatic nitrogens is 1. The zero-order valence-corrected chi connectivity index (χ0v) is 10.2. The van der Waals surface area contributed by atoms with Crippen LogP contribution in [0.3, 0.4) is 0 Å². The molecule has 4 heteroatoms. The van der Waals surface area contributed by atoms with Gasteiger partial charge < -0.3 is 10.6 Å². The predicted octanol–water partition coefficient (Wildman–Crippen LogP) is 1.81. The van der Waals surface area contributed by atoms with Crippen molar-refractivity contribution in [3.63, 3.8) is 0 Å². The first-order valence-corrected chi connectivity index (χ1v) is 5.38. The molecule has 0 aliphatic heterocycles. The van der Waals surface area contributed by atoms with Gasteiger partial charge >= 0.3 is 0 Å². The molecule has 0 saturated heterocycles. The molecule has 0 radical (unpaired) electrons. The fourth-order valence-electron chi connectivity index (χ4n) is 1.41. The lowest BCUT2D eigenvalue weighted by Crippen LogP contribution is -2.23. The van der Waals surface area contributed by atoms with E-state index in [9.17, 15) is 0 Å². The highest BCUT2D eigenvalue weighted by Crippen LogP contribution is 2.12. The predicted molar refractivity (Wildman–Crippen MR) is 68.2 cm³/mol. The minimum Gasteiger partial charge on any atom is -0.388 e. The lowest BCUT2D eigenvalue weighted by molar-refractivity contribution is 0.638. The second-order valence-electron chi connectivity index (χ2n) is 4.04. The Morgan fingerprint density at radius 3 is 2.60 bits per heavy atom. The third-order valence-corrected chi connectivity index (χ3v) is 2.29. The molecule has 15 heavy (non-hydrogen) atoms. The van der Waals surface area contributed by atoms with Crippen LogP contribution in [0.25, 0.3) is 0 Å². The van der Waals surface area contributed by atoms with E-state index in [0.29, 0.717) is 16.6 Å². The molecule has 1 aromatic rings. The van der Waals surface area contributed by atoms with Crippen molar-refractivity contribution >= 4 is 22.9 Å². The summed E-state index contributed by atoms with van der Waals surface area (Å²) in [5.74, 6) is 0.630. The first kappa shape index (κ1) is 11.9. The molecule has 1 heterocycles. The highest BCUT2D eigenvalue weighted by atomic mass is 32.1. The number of nitrogens with two attached hydrogens (primary N) is 1. The van der Waals surface area contributed by atoms with E-state index in [4.69, 9.17) is 18.0 Å². The first-order chi connectivity index (χ1) is 7.00. The molecule has 3 nitrogen and oxygen atoms in total. The highest BCUT2D eigenvalue weighted by molar-refractivity contribution is 7.80. The average molecular weight is 223 g/mol.